The molecule has 1 N–H and O–H groups in total. The molecular weight excluding hydrogens is 292 g/mol. The Bertz CT molecular complexity index is 814. The summed E-state index contributed by atoms with van der Waals surface area (Å²) in [5.41, 5.74) is 2.26. The molecule has 0 saturated carbocycles. The van der Waals surface area contributed by atoms with Gasteiger partial charge in [0, 0.05) is 35.3 Å². The van der Waals surface area contributed by atoms with E-state index >= 15 is 0 Å². The van der Waals surface area contributed by atoms with Crippen molar-refractivity contribution in [1.82, 2.24) is 0 Å². The van der Waals surface area contributed by atoms with Gasteiger partial charge in [-0.15, -0.1) is 0 Å². The van der Waals surface area contributed by atoms with E-state index in [-0.39, 0.29) is 5.69 Å². The van der Waals surface area contributed by atoms with Crippen molar-refractivity contribution in [3.63, 3.8) is 0 Å². The Morgan fingerprint density at radius 2 is 2.00 bits per heavy atom. The minimum absolute atomic E-state index is 0.0446. The number of fused-ring (bicyclic) bond motifs is 1. The summed E-state index contributed by atoms with van der Waals surface area (Å²) in [6.07, 6.45) is 0. The summed E-state index contributed by atoms with van der Waals surface area (Å²) in [5.74, 6) is 0. The predicted octanol–water partition coefficient (Wildman–Crippen LogP) is 4.61. The molecule has 0 aliphatic rings. The first-order valence-corrected chi connectivity index (χ1v) is 6.67. The second-order valence-corrected chi connectivity index (χ2v) is 4.85. The Kier molecular flexibility index (Phi) is 3.50. The van der Waals surface area contributed by atoms with Gasteiger partial charge in [-0.3, -0.25) is 10.1 Å². The maximum Gasteiger partial charge on any atom is 0.271 e. The lowest BCUT2D eigenvalue weighted by Gasteiger charge is -2.05. The van der Waals surface area contributed by atoms with Crippen molar-refractivity contribution in [2.24, 2.45) is 0 Å². The van der Waals surface area contributed by atoms with Gasteiger partial charge in [0.1, 0.15) is 5.58 Å². The van der Waals surface area contributed by atoms with Crippen molar-refractivity contribution in [2.75, 3.05) is 5.32 Å². The molecule has 2 aromatic carbocycles. The van der Waals surface area contributed by atoms with Crippen molar-refractivity contribution in [3.05, 3.63) is 69.4 Å². The molecule has 0 bridgehead atoms. The molecule has 5 nitrogen and oxygen atoms in total. The molecule has 106 valence electrons. The number of hydrogen-bond donors (Lipinski definition) is 1. The van der Waals surface area contributed by atoms with Crippen molar-refractivity contribution in [1.29, 1.82) is 0 Å². The van der Waals surface area contributed by atoms with Crippen LogP contribution in [0.2, 0.25) is 5.22 Å². The number of nitrogens with zero attached hydrogens (tertiary/aromatic N) is 1. The van der Waals surface area contributed by atoms with Gasteiger partial charge in [0.2, 0.25) is 0 Å². The third-order valence-electron chi connectivity index (χ3n) is 3.18. The van der Waals surface area contributed by atoms with Gasteiger partial charge >= 0.3 is 0 Å². The third-order valence-corrected chi connectivity index (χ3v) is 3.48. The number of para-hydroxylation sites is 1. The van der Waals surface area contributed by atoms with Crippen molar-refractivity contribution >= 4 is 33.9 Å². The Morgan fingerprint density at radius 1 is 1.19 bits per heavy atom. The highest BCUT2D eigenvalue weighted by atomic mass is 35.5. The predicted molar refractivity (Wildman–Crippen MR) is 81.6 cm³/mol. The van der Waals surface area contributed by atoms with E-state index in [4.69, 9.17) is 16.0 Å². The number of furan rings is 1. The molecule has 0 amide bonds. The maximum absolute atomic E-state index is 10.8. The van der Waals surface area contributed by atoms with Crippen LogP contribution in [-0.4, -0.2) is 4.92 Å². The number of halogens is 1. The Labute approximate surface area is 125 Å². The van der Waals surface area contributed by atoms with E-state index in [9.17, 15) is 10.1 Å². The molecule has 3 rings (SSSR count). The molecule has 1 heterocycles. The van der Waals surface area contributed by atoms with E-state index in [1.165, 1.54) is 12.1 Å². The van der Waals surface area contributed by atoms with Gasteiger partial charge in [-0.1, -0.05) is 24.3 Å². The van der Waals surface area contributed by atoms with Crippen LogP contribution in [0.3, 0.4) is 0 Å². The first-order valence-electron chi connectivity index (χ1n) is 6.29. The zero-order chi connectivity index (χ0) is 14.8. The summed E-state index contributed by atoms with van der Waals surface area (Å²) in [4.78, 5) is 10.3. The van der Waals surface area contributed by atoms with Crippen molar-refractivity contribution in [2.45, 2.75) is 6.54 Å². The summed E-state index contributed by atoms with van der Waals surface area (Å²) < 4.78 is 5.47. The number of hydrogen-bond acceptors (Lipinski definition) is 4. The Hall–Kier alpha value is -2.53. The molecule has 0 unspecified atom stereocenters. The van der Waals surface area contributed by atoms with Crippen LogP contribution >= 0.6 is 11.6 Å². The van der Waals surface area contributed by atoms with E-state index < -0.39 is 4.92 Å². The smallest absolute Gasteiger partial charge is 0.271 e. The van der Waals surface area contributed by atoms with Gasteiger partial charge in [-0.25, -0.2) is 0 Å². The highest BCUT2D eigenvalue weighted by Crippen LogP contribution is 2.30. The highest BCUT2D eigenvalue weighted by Gasteiger charge is 2.12. The fourth-order valence-corrected chi connectivity index (χ4v) is 2.41. The lowest BCUT2D eigenvalue weighted by atomic mass is 10.1. The lowest BCUT2D eigenvalue weighted by molar-refractivity contribution is -0.384. The van der Waals surface area contributed by atoms with Gasteiger partial charge < -0.3 is 9.73 Å². The molecule has 0 spiro atoms. The number of benzene rings is 2. The molecule has 0 atom stereocenters. The fraction of sp³-hybridized carbons (Fsp3) is 0.0667. The van der Waals surface area contributed by atoms with Crippen LogP contribution in [0.4, 0.5) is 11.4 Å². The first-order chi connectivity index (χ1) is 10.1. The van der Waals surface area contributed by atoms with Gasteiger partial charge in [-0.05, 0) is 23.7 Å². The first kappa shape index (κ1) is 13.5. The van der Waals surface area contributed by atoms with Crippen LogP contribution < -0.4 is 5.32 Å². The number of nitro groups is 1. The van der Waals surface area contributed by atoms with E-state index in [2.05, 4.69) is 5.32 Å². The zero-order valence-corrected chi connectivity index (χ0v) is 11.6. The topological polar surface area (TPSA) is 68.3 Å². The summed E-state index contributed by atoms with van der Waals surface area (Å²) >= 11 is 6.10. The largest absolute Gasteiger partial charge is 0.444 e. The number of nitro benzene ring substituents is 1. The SMILES string of the molecule is O=[N+]([O-])c1cccc(NCc2c(Cl)oc3ccccc23)c1. The van der Waals surface area contributed by atoms with Gasteiger partial charge in [0.05, 0.1) is 4.92 Å². The normalized spacial score (nSPS) is 10.7. The second-order valence-electron chi connectivity index (χ2n) is 4.51. The molecule has 1 aromatic heterocycles. The maximum atomic E-state index is 10.8. The summed E-state index contributed by atoms with van der Waals surface area (Å²) in [5, 5.41) is 15.1. The summed E-state index contributed by atoms with van der Waals surface area (Å²) in [7, 11) is 0. The molecule has 0 aliphatic carbocycles. The minimum atomic E-state index is -0.425. The quantitative estimate of drug-likeness (QED) is 0.564. The van der Waals surface area contributed by atoms with Crippen LogP contribution in [0.15, 0.2) is 52.9 Å². The van der Waals surface area contributed by atoms with Crippen molar-refractivity contribution in [3.8, 4) is 0 Å². The average molecular weight is 303 g/mol. The molecule has 0 saturated heterocycles. The van der Waals surface area contributed by atoms with Crippen LogP contribution in [0.5, 0.6) is 0 Å². The van der Waals surface area contributed by atoms with Crippen LogP contribution in [0, 0.1) is 10.1 Å². The van der Waals surface area contributed by atoms with Crippen LogP contribution in [0.1, 0.15) is 5.56 Å². The Balaban J connectivity index is 1.85. The molecule has 6 heteroatoms. The highest BCUT2D eigenvalue weighted by molar-refractivity contribution is 6.30. The number of rotatable bonds is 4. The third kappa shape index (κ3) is 2.68. The molecule has 21 heavy (non-hydrogen) atoms. The second kappa shape index (κ2) is 5.46. The van der Waals surface area contributed by atoms with Crippen LogP contribution in [0.25, 0.3) is 11.0 Å². The lowest BCUT2D eigenvalue weighted by Crippen LogP contribution is -1.99. The number of nitrogens with one attached hydrogen (secondary N) is 1. The fourth-order valence-electron chi connectivity index (χ4n) is 2.15. The van der Waals surface area contributed by atoms with E-state index in [0.29, 0.717) is 17.5 Å². The Morgan fingerprint density at radius 3 is 2.81 bits per heavy atom. The van der Waals surface area contributed by atoms with Gasteiger partial charge in [-0.2, -0.15) is 0 Å². The van der Waals surface area contributed by atoms with Crippen molar-refractivity contribution < 1.29 is 9.34 Å². The molecule has 3 aromatic rings. The van der Waals surface area contributed by atoms with E-state index in [0.717, 1.165) is 16.5 Å². The molecular formula is C15H11ClN2O3. The molecule has 0 radical (unpaired) electrons. The van der Waals surface area contributed by atoms with E-state index in [1.807, 2.05) is 24.3 Å². The minimum Gasteiger partial charge on any atom is -0.444 e. The molecule has 0 aliphatic heterocycles. The number of anilines is 1. The standard InChI is InChI=1S/C15H11ClN2O3/c16-15-13(12-6-1-2-7-14(12)21-15)9-17-10-4-3-5-11(8-10)18(19)20/h1-8,17H,9H2. The molecule has 0 fully saturated rings. The zero-order valence-electron chi connectivity index (χ0n) is 10.9. The summed E-state index contributed by atoms with van der Waals surface area (Å²) in [6, 6.07) is 13.9. The van der Waals surface area contributed by atoms with Gasteiger partial charge in [0.25, 0.3) is 5.69 Å². The number of non-ortho nitro benzene ring substituents is 1. The average Bonchev–Trinajstić information content (AvgIpc) is 2.81. The van der Waals surface area contributed by atoms with E-state index in [1.54, 1.807) is 12.1 Å². The van der Waals surface area contributed by atoms with Gasteiger partial charge in [0.15, 0.2) is 5.22 Å². The monoisotopic (exact) mass is 302 g/mol. The summed E-state index contributed by atoms with van der Waals surface area (Å²) in [6.45, 7) is 0.428. The van der Waals surface area contributed by atoms with Crippen LogP contribution in [-0.2, 0) is 6.54 Å².